The molecular weight excluding hydrogens is 272 g/mol. The highest BCUT2D eigenvalue weighted by Gasteiger charge is 2.20. The third-order valence-electron chi connectivity index (χ3n) is 4.19. The van der Waals surface area contributed by atoms with Crippen LogP contribution in [0, 0.1) is 13.8 Å². The van der Waals surface area contributed by atoms with Crippen molar-refractivity contribution in [1.82, 2.24) is 9.55 Å². The van der Waals surface area contributed by atoms with Crippen molar-refractivity contribution >= 4 is 16.8 Å². The van der Waals surface area contributed by atoms with Gasteiger partial charge >= 0.3 is 0 Å². The lowest BCUT2D eigenvalue weighted by Crippen LogP contribution is -2.14. The van der Waals surface area contributed by atoms with Gasteiger partial charge in [0.2, 0.25) is 0 Å². The van der Waals surface area contributed by atoms with E-state index in [4.69, 9.17) is 4.98 Å². The number of imidazole rings is 1. The van der Waals surface area contributed by atoms with E-state index in [1.54, 1.807) is 6.92 Å². The third-order valence-corrected chi connectivity index (χ3v) is 4.19. The van der Waals surface area contributed by atoms with Crippen LogP contribution in [0.4, 0.5) is 0 Å². The van der Waals surface area contributed by atoms with Crippen LogP contribution >= 0.6 is 0 Å². The number of aromatic nitrogens is 2. The van der Waals surface area contributed by atoms with Crippen LogP contribution in [0.2, 0.25) is 0 Å². The highest BCUT2D eigenvalue weighted by molar-refractivity contribution is 5.87. The van der Waals surface area contributed by atoms with Gasteiger partial charge in [-0.15, -0.1) is 0 Å². The van der Waals surface area contributed by atoms with Crippen LogP contribution in [0.5, 0.6) is 0 Å². The number of aryl methyl sites for hydroxylation is 2. The molecule has 1 heterocycles. The van der Waals surface area contributed by atoms with E-state index in [0.29, 0.717) is 0 Å². The maximum Gasteiger partial charge on any atom is 0.152 e. The largest absolute Gasteiger partial charge is 0.314 e. The Hall–Kier alpha value is -2.42. The van der Waals surface area contributed by atoms with Gasteiger partial charge in [0.1, 0.15) is 5.82 Å². The van der Waals surface area contributed by atoms with Gasteiger partial charge in [0.05, 0.1) is 17.1 Å². The first-order valence-corrected chi connectivity index (χ1v) is 7.54. The molecule has 3 rings (SSSR count). The van der Waals surface area contributed by atoms with E-state index in [0.717, 1.165) is 22.4 Å². The number of hydrogen-bond acceptors (Lipinski definition) is 2. The first kappa shape index (κ1) is 14.5. The second-order valence-corrected chi connectivity index (χ2v) is 5.90. The van der Waals surface area contributed by atoms with Gasteiger partial charge in [-0.05, 0) is 45.4 Å². The van der Waals surface area contributed by atoms with E-state index < -0.39 is 0 Å². The van der Waals surface area contributed by atoms with Gasteiger partial charge in [-0.2, -0.15) is 0 Å². The lowest BCUT2D eigenvalue weighted by molar-refractivity contribution is -0.119. The molecule has 0 spiro atoms. The SMILES string of the molecule is CC(=O)C(C)n1c(-c2ccc(C)cc2C)nc2ccccc21. The van der Waals surface area contributed by atoms with E-state index in [9.17, 15) is 4.79 Å². The molecule has 0 amide bonds. The van der Waals surface area contributed by atoms with Crippen LogP contribution in [0.15, 0.2) is 42.5 Å². The molecule has 0 aliphatic heterocycles. The lowest BCUT2D eigenvalue weighted by atomic mass is 10.0. The van der Waals surface area contributed by atoms with E-state index in [2.05, 4.69) is 36.6 Å². The Morgan fingerprint density at radius 2 is 1.86 bits per heavy atom. The topological polar surface area (TPSA) is 34.9 Å². The molecule has 0 bridgehead atoms. The summed E-state index contributed by atoms with van der Waals surface area (Å²) in [6.45, 7) is 7.73. The number of carbonyl (C=O) groups excluding carboxylic acids is 1. The first-order valence-electron chi connectivity index (χ1n) is 7.54. The molecule has 0 aliphatic rings. The normalized spacial score (nSPS) is 12.5. The number of hydrogen-bond donors (Lipinski definition) is 0. The minimum absolute atomic E-state index is 0.133. The third kappa shape index (κ3) is 2.33. The molecule has 1 atom stereocenters. The van der Waals surface area contributed by atoms with Crippen LogP contribution in [-0.4, -0.2) is 15.3 Å². The Bertz CT molecular complexity index is 861. The Morgan fingerprint density at radius 3 is 2.55 bits per heavy atom. The summed E-state index contributed by atoms with van der Waals surface area (Å²) in [5.41, 5.74) is 5.40. The van der Waals surface area contributed by atoms with Gasteiger partial charge < -0.3 is 4.57 Å². The van der Waals surface area contributed by atoms with Crippen molar-refractivity contribution in [1.29, 1.82) is 0 Å². The maximum atomic E-state index is 12.0. The second-order valence-electron chi connectivity index (χ2n) is 5.90. The predicted octanol–water partition coefficient (Wildman–Crippen LogP) is 4.47. The fourth-order valence-electron chi connectivity index (χ4n) is 2.87. The molecule has 112 valence electrons. The average Bonchev–Trinajstić information content (AvgIpc) is 2.85. The summed E-state index contributed by atoms with van der Waals surface area (Å²) < 4.78 is 2.05. The van der Waals surface area contributed by atoms with E-state index in [1.165, 1.54) is 11.1 Å². The average molecular weight is 292 g/mol. The Labute approximate surface area is 130 Å². The minimum atomic E-state index is -0.233. The number of Topliss-reactive ketones (excluding diaryl/α,β-unsaturated/α-hetero) is 1. The standard InChI is InChI=1S/C19H20N2O/c1-12-9-10-16(13(2)11-12)19-20-17-7-5-6-8-18(17)21(19)14(3)15(4)22/h5-11,14H,1-4H3. The lowest BCUT2D eigenvalue weighted by Gasteiger charge is -2.16. The molecular formula is C19H20N2O. The number of carbonyl (C=O) groups is 1. The molecule has 3 aromatic rings. The molecule has 3 nitrogen and oxygen atoms in total. The summed E-state index contributed by atoms with van der Waals surface area (Å²) in [6.07, 6.45) is 0. The molecule has 0 saturated carbocycles. The molecule has 1 unspecified atom stereocenters. The molecule has 0 radical (unpaired) electrons. The smallest absolute Gasteiger partial charge is 0.152 e. The summed E-state index contributed by atoms with van der Waals surface area (Å²) in [5.74, 6) is 0.996. The Kier molecular flexibility index (Phi) is 3.57. The van der Waals surface area contributed by atoms with Gasteiger partial charge in [0.25, 0.3) is 0 Å². The van der Waals surface area contributed by atoms with Crippen molar-refractivity contribution in [3.8, 4) is 11.4 Å². The summed E-state index contributed by atoms with van der Waals surface area (Å²) in [7, 11) is 0. The van der Waals surface area contributed by atoms with Crippen LogP contribution in [-0.2, 0) is 4.79 Å². The van der Waals surface area contributed by atoms with Crippen LogP contribution in [0.1, 0.15) is 31.0 Å². The number of fused-ring (bicyclic) bond motifs is 1. The quantitative estimate of drug-likeness (QED) is 0.714. The Morgan fingerprint density at radius 1 is 1.14 bits per heavy atom. The molecule has 1 aromatic heterocycles. The summed E-state index contributed by atoms with van der Waals surface area (Å²) in [6, 6.07) is 14.1. The van der Waals surface area contributed by atoms with E-state index in [-0.39, 0.29) is 11.8 Å². The van der Waals surface area contributed by atoms with Gasteiger partial charge in [0, 0.05) is 5.56 Å². The highest BCUT2D eigenvalue weighted by atomic mass is 16.1. The van der Waals surface area contributed by atoms with Crippen molar-refractivity contribution in [2.75, 3.05) is 0 Å². The van der Waals surface area contributed by atoms with Crippen molar-refractivity contribution in [3.63, 3.8) is 0 Å². The highest BCUT2D eigenvalue weighted by Crippen LogP contribution is 2.31. The number of ketones is 1. The van der Waals surface area contributed by atoms with Gasteiger partial charge in [-0.3, -0.25) is 4.79 Å². The summed E-state index contributed by atoms with van der Waals surface area (Å²) in [4.78, 5) is 16.7. The van der Waals surface area contributed by atoms with Crippen LogP contribution in [0.3, 0.4) is 0 Å². The van der Waals surface area contributed by atoms with Crippen LogP contribution < -0.4 is 0 Å². The van der Waals surface area contributed by atoms with E-state index in [1.807, 2.05) is 31.2 Å². The molecule has 0 fully saturated rings. The zero-order valence-electron chi connectivity index (χ0n) is 13.4. The Balaban J connectivity index is 2.33. The molecule has 22 heavy (non-hydrogen) atoms. The minimum Gasteiger partial charge on any atom is -0.314 e. The second kappa shape index (κ2) is 5.41. The van der Waals surface area contributed by atoms with Crippen LogP contribution in [0.25, 0.3) is 22.4 Å². The fraction of sp³-hybridized carbons (Fsp3) is 0.263. The van der Waals surface area contributed by atoms with Gasteiger partial charge in [-0.25, -0.2) is 4.98 Å². The number of rotatable bonds is 3. The summed E-state index contributed by atoms with van der Waals surface area (Å²) >= 11 is 0. The molecule has 0 saturated heterocycles. The number of para-hydroxylation sites is 2. The van der Waals surface area contributed by atoms with E-state index >= 15 is 0 Å². The first-order chi connectivity index (χ1) is 10.5. The number of nitrogens with zero attached hydrogens (tertiary/aromatic N) is 2. The fourth-order valence-corrected chi connectivity index (χ4v) is 2.87. The zero-order valence-corrected chi connectivity index (χ0v) is 13.4. The summed E-state index contributed by atoms with van der Waals surface area (Å²) in [5, 5.41) is 0. The zero-order chi connectivity index (χ0) is 15.9. The van der Waals surface area contributed by atoms with Gasteiger partial charge in [-0.1, -0.05) is 35.9 Å². The molecule has 2 aromatic carbocycles. The predicted molar refractivity (Wildman–Crippen MR) is 90.0 cm³/mol. The van der Waals surface area contributed by atoms with Crippen molar-refractivity contribution < 1.29 is 4.79 Å². The molecule has 3 heteroatoms. The van der Waals surface area contributed by atoms with Crippen molar-refractivity contribution in [2.24, 2.45) is 0 Å². The van der Waals surface area contributed by atoms with Gasteiger partial charge in [0.15, 0.2) is 5.78 Å². The molecule has 0 N–H and O–H groups in total. The van der Waals surface area contributed by atoms with Crippen molar-refractivity contribution in [2.45, 2.75) is 33.7 Å². The van der Waals surface area contributed by atoms with Crippen molar-refractivity contribution in [3.05, 3.63) is 53.6 Å². The maximum absolute atomic E-state index is 12.0. The number of benzene rings is 2. The monoisotopic (exact) mass is 292 g/mol. The molecule has 0 aliphatic carbocycles.